The van der Waals surface area contributed by atoms with Crippen molar-refractivity contribution in [3.8, 4) is 17.1 Å². The van der Waals surface area contributed by atoms with Crippen LogP contribution in [0.4, 0.5) is 10.5 Å². The highest BCUT2D eigenvalue weighted by Crippen LogP contribution is 2.17. The zero-order valence-electron chi connectivity index (χ0n) is 13.9. The minimum atomic E-state index is -0.337. The van der Waals surface area contributed by atoms with Gasteiger partial charge in [0, 0.05) is 23.6 Å². The fourth-order valence-corrected chi connectivity index (χ4v) is 2.20. The summed E-state index contributed by atoms with van der Waals surface area (Å²) in [6, 6.07) is 10.1. The number of anilines is 1. The molecular formula is C17H18N6O2. The number of hydrogen-bond acceptors (Lipinski definition) is 5. The molecule has 0 saturated heterocycles. The number of benzene rings is 1. The summed E-state index contributed by atoms with van der Waals surface area (Å²) in [6.45, 7) is 1.82. The molecule has 1 atom stereocenters. The first-order valence-corrected chi connectivity index (χ1v) is 7.70. The number of nitrogens with zero attached hydrogens (tertiary/aromatic N) is 3. The Hall–Kier alpha value is -3.42. The average molecular weight is 338 g/mol. The lowest BCUT2D eigenvalue weighted by atomic mass is 10.3. The van der Waals surface area contributed by atoms with Gasteiger partial charge in [0.15, 0.2) is 5.82 Å². The van der Waals surface area contributed by atoms with Crippen molar-refractivity contribution < 1.29 is 9.53 Å². The third-order valence-corrected chi connectivity index (χ3v) is 3.53. The molecule has 2 aromatic heterocycles. The predicted octanol–water partition coefficient (Wildman–Crippen LogP) is 2.76. The number of aromatic amines is 1. The van der Waals surface area contributed by atoms with Gasteiger partial charge in [-0.25, -0.2) is 9.78 Å². The van der Waals surface area contributed by atoms with Gasteiger partial charge in [-0.3, -0.25) is 10.1 Å². The Bertz CT molecular complexity index is 832. The van der Waals surface area contributed by atoms with Crippen LogP contribution >= 0.6 is 0 Å². The lowest BCUT2D eigenvalue weighted by molar-refractivity contribution is 0.249. The van der Waals surface area contributed by atoms with E-state index in [0.717, 1.165) is 11.3 Å². The molecule has 0 saturated carbocycles. The third-order valence-electron chi connectivity index (χ3n) is 3.53. The van der Waals surface area contributed by atoms with E-state index in [2.05, 4.69) is 30.8 Å². The van der Waals surface area contributed by atoms with Crippen LogP contribution in [-0.4, -0.2) is 33.3 Å². The van der Waals surface area contributed by atoms with Crippen LogP contribution in [0.3, 0.4) is 0 Å². The van der Waals surface area contributed by atoms with E-state index < -0.39 is 0 Å². The van der Waals surface area contributed by atoms with Crippen molar-refractivity contribution >= 4 is 11.7 Å². The van der Waals surface area contributed by atoms with Crippen LogP contribution in [0.25, 0.3) is 11.4 Å². The van der Waals surface area contributed by atoms with Crippen molar-refractivity contribution in [2.24, 2.45) is 0 Å². The number of H-pyrrole nitrogens is 1. The number of pyridine rings is 1. The Kier molecular flexibility index (Phi) is 4.89. The number of rotatable bonds is 5. The second-order valence-electron chi connectivity index (χ2n) is 5.33. The SMILES string of the molecule is COc1ccc(NC(=O)N[C@H](C)c2nc(-c3cccnc3)n[nH]2)cc1. The number of urea groups is 1. The Balaban J connectivity index is 1.60. The van der Waals surface area contributed by atoms with E-state index in [-0.39, 0.29) is 12.1 Å². The molecule has 0 radical (unpaired) electrons. The van der Waals surface area contributed by atoms with E-state index in [9.17, 15) is 4.79 Å². The lowest BCUT2D eigenvalue weighted by Gasteiger charge is -2.12. The van der Waals surface area contributed by atoms with E-state index in [4.69, 9.17) is 4.74 Å². The first-order chi connectivity index (χ1) is 12.2. The fourth-order valence-electron chi connectivity index (χ4n) is 2.20. The monoisotopic (exact) mass is 338 g/mol. The van der Waals surface area contributed by atoms with Crippen LogP contribution in [0.2, 0.25) is 0 Å². The molecule has 0 bridgehead atoms. The number of carbonyl (C=O) groups is 1. The average Bonchev–Trinajstić information content (AvgIpc) is 3.13. The number of methoxy groups -OCH3 is 1. The summed E-state index contributed by atoms with van der Waals surface area (Å²) in [7, 11) is 1.59. The second-order valence-corrected chi connectivity index (χ2v) is 5.33. The second kappa shape index (κ2) is 7.43. The van der Waals surface area contributed by atoms with Crippen LogP contribution in [0, 0.1) is 0 Å². The van der Waals surface area contributed by atoms with Gasteiger partial charge < -0.3 is 15.4 Å². The van der Waals surface area contributed by atoms with Crippen molar-refractivity contribution in [1.29, 1.82) is 0 Å². The van der Waals surface area contributed by atoms with Gasteiger partial charge in [0.05, 0.1) is 13.2 Å². The minimum absolute atomic E-state index is 0.336. The molecule has 0 unspecified atom stereocenters. The van der Waals surface area contributed by atoms with Gasteiger partial charge in [-0.1, -0.05) is 0 Å². The van der Waals surface area contributed by atoms with Crippen molar-refractivity contribution in [2.45, 2.75) is 13.0 Å². The molecule has 8 heteroatoms. The number of amides is 2. The summed E-state index contributed by atoms with van der Waals surface area (Å²) in [5.41, 5.74) is 1.47. The molecule has 128 valence electrons. The van der Waals surface area contributed by atoms with Crippen LogP contribution < -0.4 is 15.4 Å². The maximum atomic E-state index is 12.1. The highest BCUT2D eigenvalue weighted by Gasteiger charge is 2.15. The summed E-state index contributed by atoms with van der Waals surface area (Å²) in [5.74, 6) is 1.82. The van der Waals surface area contributed by atoms with Gasteiger partial charge in [0.2, 0.25) is 0 Å². The number of carbonyl (C=O) groups excluding carboxylic acids is 1. The molecule has 1 aromatic carbocycles. The molecule has 25 heavy (non-hydrogen) atoms. The van der Waals surface area contributed by atoms with Gasteiger partial charge in [-0.2, -0.15) is 5.10 Å². The Morgan fingerprint density at radius 3 is 2.72 bits per heavy atom. The van der Waals surface area contributed by atoms with Crippen molar-refractivity contribution in [2.75, 3.05) is 12.4 Å². The van der Waals surface area contributed by atoms with Gasteiger partial charge in [0.25, 0.3) is 0 Å². The van der Waals surface area contributed by atoms with Crippen molar-refractivity contribution in [3.05, 3.63) is 54.6 Å². The molecule has 0 aliphatic carbocycles. The zero-order valence-corrected chi connectivity index (χ0v) is 13.9. The smallest absolute Gasteiger partial charge is 0.319 e. The molecule has 3 aromatic rings. The summed E-state index contributed by atoms with van der Waals surface area (Å²) >= 11 is 0. The zero-order chi connectivity index (χ0) is 17.6. The molecule has 3 rings (SSSR count). The van der Waals surface area contributed by atoms with Crippen LogP contribution in [0.15, 0.2) is 48.8 Å². The molecule has 2 heterocycles. The van der Waals surface area contributed by atoms with Gasteiger partial charge in [-0.05, 0) is 43.3 Å². The minimum Gasteiger partial charge on any atom is -0.497 e. The van der Waals surface area contributed by atoms with E-state index >= 15 is 0 Å². The molecule has 0 fully saturated rings. The van der Waals surface area contributed by atoms with E-state index in [1.807, 2.05) is 19.1 Å². The fraction of sp³-hybridized carbons (Fsp3) is 0.176. The molecule has 0 aliphatic heterocycles. The summed E-state index contributed by atoms with van der Waals surface area (Å²) in [6.07, 6.45) is 3.37. The summed E-state index contributed by atoms with van der Waals surface area (Å²) < 4.78 is 5.08. The van der Waals surface area contributed by atoms with Crippen LogP contribution in [0.1, 0.15) is 18.8 Å². The highest BCUT2D eigenvalue weighted by molar-refractivity contribution is 5.89. The van der Waals surface area contributed by atoms with E-state index in [1.54, 1.807) is 43.8 Å². The standard InChI is InChI=1S/C17H18N6O2/c1-11(15-21-16(23-22-15)12-4-3-9-18-10-12)19-17(24)20-13-5-7-14(25-2)8-6-13/h3-11H,1-2H3,(H2,19,20,24)(H,21,22,23)/t11-/m1/s1. The molecule has 2 amide bonds. The first kappa shape index (κ1) is 16.4. The maximum absolute atomic E-state index is 12.1. The highest BCUT2D eigenvalue weighted by atomic mass is 16.5. The van der Waals surface area contributed by atoms with Gasteiger partial charge in [0.1, 0.15) is 11.6 Å². The first-order valence-electron chi connectivity index (χ1n) is 7.70. The van der Waals surface area contributed by atoms with E-state index in [1.165, 1.54) is 0 Å². The number of aromatic nitrogens is 4. The number of hydrogen-bond donors (Lipinski definition) is 3. The number of ether oxygens (including phenoxy) is 1. The Morgan fingerprint density at radius 1 is 1.24 bits per heavy atom. The molecule has 8 nitrogen and oxygen atoms in total. The van der Waals surface area contributed by atoms with Crippen LogP contribution in [0.5, 0.6) is 5.75 Å². The number of nitrogens with one attached hydrogen (secondary N) is 3. The normalized spacial score (nSPS) is 11.6. The largest absolute Gasteiger partial charge is 0.497 e. The summed E-state index contributed by atoms with van der Waals surface area (Å²) in [4.78, 5) is 20.5. The molecule has 0 spiro atoms. The molecular weight excluding hydrogens is 320 g/mol. The summed E-state index contributed by atoms with van der Waals surface area (Å²) in [5, 5.41) is 12.6. The van der Waals surface area contributed by atoms with Crippen LogP contribution in [-0.2, 0) is 0 Å². The lowest BCUT2D eigenvalue weighted by Crippen LogP contribution is -2.31. The topological polar surface area (TPSA) is 105 Å². The quantitative estimate of drug-likeness (QED) is 0.663. The maximum Gasteiger partial charge on any atom is 0.319 e. The van der Waals surface area contributed by atoms with E-state index in [0.29, 0.717) is 17.3 Å². The van der Waals surface area contributed by atoms with Gasteiger partial charge in [-0.15, -0.1) is 0 Å². The third kappa shape index (κ3) is 4.11. The Labute approximate surface area is 144 Å². The Morgan fingerprint density at radius 2 is 2.04 bits per heavy atom. The van der Waals surface area contributed by atoms with Crippen molar-refractivity contribution in [1.82, 2.24) is 25.5 Å². The molecule has 3 N–H and O–H groups in total. The van der Waals surface area contributed by atoms with Crippen molar-refractivity contribution in [3.63, 3.8) is 0 Å². The van der Waals surface area contributed by atoms with Gasteiger partial charge >= 0.3 is 6.03 Å². The molecule has 0 aliphatic rings. The predicted molar refractivity (Wildman–Crippen MR) is 93.2 cm³/mol.